The zero-order valence-corrected chi connectivity index (χ0v) is 10.0. The van der Waals surface area contributed by atoms with Crippen LogP contribution >= 0.6 is 11.6 Å². The maximum Gasteiger partial charge on any atom is 0.241 e. The summed E-state index contributed by atoms with van der Waals surface area (Å²) < 4.78 is 26.1. The van der Waals surface area contributed by atoms with E-state index in [0.29, 0.717) is 12.5 Å². The Morgan fingerprint density at radius 3 is 2.71 bits per heavy atom. The van der Waals surface area contributed by atoms with Crippen LogP contribution < -0.4 is 11.1 Å². The number of nitrogens with one attached hydrogen (secondary N) is 1. The van der Waals surface area contributed by atoms with Gasteiger partial charge in [0.25, 0.3) is 0 Å². The molecule has 0 unspecified atom stereocenters. The monoisotopic (exact) mass is 262 g/mol. The molecule has 0 spiro atoms. The summed E-state index contributed by atoms with van der Waals surface area (Å²) in [5.74, 6) is -2.27. The number of anilines is 1. The molecule has 1 amide bonds. The highest BCUT2D eigenvalue weighted by molar-refractivity contribution is 6.33. The van der Waals surface area contributed by atoms with Gasteiger partial charge in [-0.05, 0) is 12.5 Å². The first-order valence-electron chi connectivity index (χ1n) is 5.16. The summed E-state index contributed by atoms with van der Waals surface area (Å²) in [5, 5.41) is 2.06. The molecule has 1 rings (SSSR count). The zero-order chi connectivity index (χ0) is 13.0. The van der Waals surface area contributed by atoms with Gasteiger partial charge in [-0.1, -0.05) is 24.9 Å². The van der Waals surface area contributed by atoms with Gasteiger partial charge in [-0.2, -0.15) is 0 Å². The molecule has 0 aliphatic carbocycles. The molecule has 0 fully saturated rings. The number of carbonyl (C=O) groups excluding carboxylic acids is 1. The number of benzene rings is 1. The lowest BCUT2D eigenvalue weighted by Gasteiger charge is -2.12. The lowest BCUT2D eigenvalue weighted by molar-refractivity contribution is -0.117. The van der Waals surface area contributed by atoms with E-state index in [0.717, 1.165) is 12.5 Å². The molecule has 1 atom stereocenters. The second-order valence-corrected chi connectivity index (χ2v) is 4.04. The largest absolute Gasteiger partial charge is 0.321 e. The Morgan fingerprint density at radius 1 is 1.53 bits per heavy atom. The van der Waals surface area contributed by atoms with Gasteiger partial charge in [-0.3, -0.25) is 4.79 Å². The fourth-order valence-corrected chi connectivity index (χ4v) is 1.56. The minimum atomic E-state index is -0.924. The molecule has 3 N–H and O–H groups in total. The summed E-state index contributed by atoms with van der Waals surface area (Å²) in [6.45, 7) is 1.87. The predicted molar refractivity (Wildman–Crippen MR) is 62.9 cm³/mol. The average molecular weight is 263 g/mol. The number of nitrogens with two attached hydrogens (primary N) is 1. The molecule has 0 bridgehead atoms. The van der Waals surface area contributed by atoms with Gasteiger partial charge in [-0.15, -0.1) is 0 Å². The van der Waals surface area contributed by atoms with Gasteiger partial charge in [0, 0.05) is 6.07 Å². The van der Waals surface area contributed by atoms with Gasteiger partial charge >= 0.3 is 0 Å². The van der Waals surface area contributed by atoms with E-state index in [1.165, 1.54) is 0 Å². The standard InChI is InChI=1S/C11H13ClF2N2O/c1-2-3-9(15)11(17)16-10-7(12)4-6(13)5-8(10)14/h4-5,9H,2-3,15H2,1H3,(H,16,17)/t9-/m1/s1. The van der Waals surface area contributed by atoms with E-state index in [2.05, 4.69) is 5.32 Å². The molecule has 1 aromatic rings. The van der Waals surface area contributed by atoms with Gasteiger partial charge in [0.1, 0.15) is 5.82 Å². The van der Waals surface area contributed by atoms with Crippen LogP contribution in [0.3, 0.4) is 0 Å². The Morgan fingerprint density at radius 2 is 2.18 bits per heavy atom. The number of hydrogen-bond donors (Lipinski definition) is 2. The van der Waals surface area contributed by atoms with E-state index in [1.807, 2.05) is 6.92 Å². The van der Waals surface area contributed by atoms with E-state index < -0.39 is 23.6 Å². The summed E-state index contributed by atoms with van der Waals surface area (Å²) in [7, 11) is 0. The quantitative estimate of drug-likeness (QED) is 0.877. The third-order valence-corrected chi connectivity index (χ3v) is 2.49. The van der Waals surface area contributed by atoms with E-state index in [4.69, 9.17) is 17.3 Å². The van der Waals surface area contributed by atoms with E-state index >= 15 is 0 Å². The molecule has 1 aromatic carbocycles. The fraction of sp³-hybridized carbons (Fsp3) is 0.364. The van der Waals surface area contributed by atoms with Crippen LogP contribution in [0, 0.1) is 11.6 Å². The van der Waals surface area contributed by atoms with Crippen LogP contribution in [0.15, 0.2) is 12.1 Å². The molecule has 0 aliphatic rings. The van der Waals surface area contributed by atoms with Crippen molar-refractivity contribution in [3.63, 3.8) is 0 Å². The van der Waals surface area contributed by atoms with Gasteiger partial charge in [0.15, 0.2) is 5.82 Å². The molecule has 6 heteroatoms. The van der Waals surface area contributed by atoms with Crippen molar-refractivity contribution < 1.29 is 13.6 Å². The SMILES string of the molecule is CCC[C@@H](N)C(=O)Nc1c(F)cc(F)cc1Cl. The number of rotatable bonds is 4. The molecule has 0 aromatic heterocycles. The molecule has 0 heterocycles. The second-order valence-electron chi connectivity index (χ2n) is 3.63. The first-order chi connectivity index (χ1) is 7.95. The number of halogens is 3. The van der Waals surface area contributed by atoms with Crippen molar-refractivity contribution in [2.45, 2.75) is 25.8 Å². The highest BCUT2D eigenvalue weighted by Gasteiger charge is 2.17. The highest BCUT2D eigenvalue weighted by Crippen LogP contribution is 2.26. The average Bonchev–Trinajstić information content (AvgIpc) is 2.23. The van der Waals surface area contributed by atoms with Gasteiger partial charge in [-0.25, -0.2) is 8.78 Å². The Bertz CT molecular complexity index is 403. The van der Waals surface area contributed by atoms with Crippen LogP contribution in [0.4, 0.5) is 14.5 Å². The van der Waals surface area contributed by atoms with E-state index in [1.54, 1.807) is 0 Å². The molecule has 17 heavy (non-hydrogen) atoms. The Kier molecular flexibility index (Phi) is 4.84. The summed E-state index contributed by atoms with van der Waals surface area (Å²) in [4.78, 5) is 11.5. The second kappa shape index (κ2) is 5.93. The maximum atomic E-state index is 13.3. The topological polar surface area (TPSA) is 55.1 Å². The highest BCUT2D eigenvalue weighted by atomic mass is 35.5. The van der Waals surface area contributed by atoms with Crippen molar-refractivity contribution in [2.24, 2.45) is 5.73 Å². The molecule has 94 valence electrons. The number of hydrogen-bond acceptors (Lipinski definition) is 2. The van der Waals surface area contributed by atoms with Crippen LogP contribution in [-0.4, -0.2) is 11.9 Å². The lowest BCUT2D eigenvalue weighted by atomic mass is 10.1. The molecular formula is C11H13ClF2N2O. The molecular weight excluding hydrogens is 250 g/mol. The predicted octanol–water partition coefficient (Wildman–Crippen LogP) is 2.68. The van der Waals surface area contributed by atoms with Crippen molar-refractivity contribution in [2.75, 3.05) is 5.32 Å². The van der Waals surface area contributed by atoms with Crippen molar-refractivity contribution in [1.29, 1.82) is 0 Å². The van der Waals surface area contributed by atoms with Gasteiger partial charge < -0.3 is 11.1 Å². The first-order valence-corrected chi connectivity index (χ1v) is 5.54. The van der Waals surface area contributed by atoms with Crippen LogP contribution in [0.25, 0.3) is 0 Å². The molecule has 0 saturated carbocycles. The van der Waals surface area contributed by atoms with Crippen molar-refractivity contribution in [3.8, 4) is 0 Å². The molecule has 0 aliphatic heterocycles. The van der Waals surface area contributed by atoms with E-state index in [-0.39, 0.29) is 10.7 Å². The minimum absolute atomic E-state index is 0.195. The lowest BCUT2D eigenvalue weighted by Crippen LogP contribution is -2.35. The van der Waals surface area contributed by atoms with Crippen LogP contribution in [0.1, 0.15) is 19.8 Å². The van der Waals surface area contributed by atoms with E-state index in [9.17, 15) is 13.6 Å². The summed E-state index contributed by atoms with van der Waals surface area (Å²) in [5.41, 5.74) is 5.31. The van der Waals surface area contributed by atoms with Crippen LogP contribution in [0.5, 0.6) is 0 Å². The van der Waals surface area contributed by atoms with Crippen LogP contribution in [-0.2, 0) is 4.79 Å². The first kappa shape index (κ1) is 13.9. The third-order valence-electron chi connectivity index (χ3n) is 2.19. The molecule has 3 nitrogen and oxygen atoms in total. The maximum absolute atomic E-state index is 13.3. The zero-order valence-electron chi connectivity index (χ0n) is 9.27. The Balaban J connectivity index is 2.85. The summed E-state index contributed by atoms with van der Waals surface area (Å²) in [6.07, 6.45) is 1.21. The fourth-order valence-electron chi connectivity index (χ4n) is 1.32. The molecule has 0 saturated heterocycles. The minimum Gasteiger partial charge on any atom is -0.321 e. The number of carbonyl (C=O) groups is 1. The van der Waals surface area contributed by atoms with Crippen molar-refractivity contribution >= 4 is 23.2 Å². The third kappa shape index (κ3) is 3.64. The Hall–Kier alpha value is -1.20. The van der Waals surface area contributed by atoms with Crippen molar-refractivity contribution in [1.82, 2.24) is 0 Å². The smallest absolute Gasteiger partial charge is 0.241 e. The summed E-state index contributed by atoms with van der Waals surface area (Å²) >= 11 is 5.63. The normalized spacial score (nSPS) is 12.3. The van der Waals surface area contributed by atoms with Gasteiger partial charge in [0.05, 0.1) is 16.8 Å². The van der Waals surface area contributed by atoms with Crippen molar-refractivity contribution in [3.05, 3.63) is 28.8 Å². The Labute approximate surface area is 103 Å². The van der Waals surface area contributed by atoms with Gasteiger partial charge in [0.2, 0.25) is 5.91 Å². The summed E-state index contributed by atoms with van der Waals surface area (Å²) in [6, 6.07) is 0.832. The molecule has 0 radical (unpaired) electrons. The van der Waals surface area contributed by atoms with Crippen LogP contribution in [0.2, 0.25) is 5.02 Å². The number of amides is 1.